The third kappa shape index (κ3) is 5.25. The fourth-order valence-corrected chi connectivity index (χ4v) is 4.45. The number of methoxy groups -OCH3 is 2. The van der Waals surface area contributed by atoms with Crippen LogP contribution >= 0.6 is 0 Å². The van der Waals surface area contributed by atoms with Crippen molar-refractivity contribution in [2.45, 2.75) is 38.8 Å². The van der Waals surface area contributed by atoms with Crippen molar-refractivity contribution in [1.82, 2.24) is 10.1 Å². The van der Waals surface area contributed by atoms with Gasteiger partial charge in [0.1, 0.15) is 11.4 Å². The fourth-order valence-electron chi connectivity index (χ4n) is 4.45. The molecule has 1 amide bonds. The van der Waals surface area contributed by atoms with Gasteiger partial charge in [0.15, 0.2) is 0 Å². The number of ether oxygens (including phenoxy) is 2. The van der Waals surface area contributed by atoms with Crippen molar-refractivity contribution in [2.24, 2.45) is 0 Å². The van der Waals surface area contributed by atoms with Crippen LogP contribution in [0.5, 0.6) is 5.75 Å². The predicted molar refractivity (Wildman–Crippen MR) is 132 cm³/mol. The molecule has 1 fully saturated rings. The molecular weight excluding hydrogens is 430 g/mol. The van der Waals surface area contributed by atoms with Crippen molar-refractivity contribution >= 4 is 11.8 Å². The molecule has 2 heterocycles. The lowest BCUT2D eigenvalue weighted by Crippen LogP contribution is -2.39. The monoisotopic (exact) mass is 463 g/mol. The van der Waals surface area contributed by atoms with Gasteiger partial charge in [-0.3, -0.25) is 4.79 Å². The van der Waals surface area contributed by atoms with Gasteiger partial charge < -0.3 is 23.8 Å². The molecule has 0 bridgehead atoms. The first-order chi connectivity index (χ1) is 16.6. The van der Waals surface area contributed by atoms with E-state index in [1.54, 1.807) is 38.5 Å². The van der Waals surface area contributed by atoms with Crippen LogP contribution in [0.25, 0.3) is 11.3 Å². The third-order valence-corrected chi connectivity index (χ3v) is 6.42. The van der Waals surface area contributed by atoms with Gasteiger partial charge in [-0.2, -0.15) is 0 Å². The third-order valence-electron chi connectivity index (χ3n) is 6.42. The van der Waals surface area contributed by atoms with Gasteiger partial charge in [0, 0.05) is 37.4 Å². The maximum atomic E-state index is 13.5. The Hall–Kier alpha value is -3.32. The van der Waals surface area contributed by atoms with Gasteiger partial charge in [0.05, 0.1) is 25.8 Å². The molecule has 1 atom stereocenters. The normalized spacial score (nSPS) is 15.9. The van der Waals surface area contributed by atoms with Crippen LogP contribution in [0.4, 0.5) is 5.88 Å². The Labute approximate surface area is 201 Å². The topological polar surface area (TPSA) is 68.0 Å². The second-order valence-corrected chi connectivity index (χ2v) is 8.67. The Morgan fingerprint density at radius 1 is 1.12 bits per heavy atom. The minimum Gasteiger partial charge on any atom is -0.497 e. The highest BCUT2D eigenvalue weighted by molar-refractivity contribution is 5.94. The molecule has 180 valence electrons. The molecule has 3 aromatic rings. The molecule has 0 radical (unpaired) electrons. The summed E-state index contributed by atoms with van der Waals surface area (Å²) in [7, 11) is 3.26. The van der Waals surface area contributed by atoms with E-state index in [9.17, 15) is 4.79 Å². The summed E-state index contributed by atoms with van der Waals surface area (Å²) in [4.78, 5) is 17.6. The lowest BCUT2D eigenvalue weighted by Gasteiger charge is -2.34. The predicted octanol–water partition coefficient (Wildman–Crippen LogP) is 5.02. The zero-order chi connectivity index (χ0) is 23.9. The summed E-state index contributed by atoms with van der Waals surface area (Å²) in [5, 5.41) is 4.48. The van der Waals surface area contributed by atoms with Crippen LogP contribution in [0.3, 0.4) is 0 Å². The maximum absolute atomic E-state index is 13.5. The first-order valence-corrected chi connectivity index (χ1v) is 11.8. The van der Waals surface area contributed by atoms with E-state index in [-0.39, 0.29) is 5.91 Å². The highest BCUT2D eigenvalue weighted by Crippen LogP contribution is 2.35. The van der Waals surface area contributed by atoms with Crippen LogP contribution in [0.15, 0.2) is 59.1 Å². The van der Waals surface area contributed by atoms with E-state index in [0.29, 0.717) is 37.1 Å². The van der Waals surface area contributed by atoms with Gasteiger partial charge in [0.2, 0.25) is 5.88 Å². The quantitative estimate of drug-likeness (QED) is 0.444. The Morgan fingerprint density at radius 2 is 1.88 bits per heavy atom. The second kappa shape index (κ2) is 11.2. The van der Waals surface area contributed by atoms with Crippen LogP contribution in [0.2, 0.25) is 0 Å². The lowest BCUT2D eigenvalue weighted by molar-refractivity contribution is 0.0680. The van der Waals surface area contributed by atoms with E-state index in [1.165, 1.54) is 6.42 Å². The molecule has 0 spiro atoms. The summed E-state index contributed by atoms with van der Waals surface area (Å²) in [6, 6.07) is 17.5. The van der Waals surface area contributed by atoms with Crippen LogP contribution < -0.4 is 9.64 Å². The lowest BCUT2D eigenvalue weighted by atomic mass is 10.0. The smallest absolute Gasteiger partial charge is 0.254 e. The summed E-state index contributed by atoms with van der Waals surface area (Å²) < 4.78 is 16.5. The van der Waals surface area contributed by atoms with Crippen molar-refractivity contribution in [3.63, 3.8) is 0 Å². The Morgan fingerprint density at radius 3 is 2.56 bits per heavy atom. The first kappa shape index (κ1) is 23.8. The fraction of sp³-hybridized carbons (Fsp3) is 0.407. The molecule has 0 N–H and O–H groups in total. The standard InChI is InChI=1S/C27H33N3O4/c1-20-9-7-8-16-30(20)27-24(25(28-34-27)21-10-5-4-6-11-21)19-29(17-18-32-2)26(31)22-12-14-23(33-3)15-13-22/h4-6,10-15,20H,7-9,16-19H2,1-3H3. The van der Waals surface area contributed by atoms with E-state index < -0.39 is 0 Å². The van der Waals surface area contributed by atoms with Gasteiger partial charge in [-0.1, -0.05) is 35.5 Å². The number of carbonyl (C=O) groups is 1. The molecule has 1 aromatic heterocycles. The molecule has 1 aliphatic rings. The van der Waals surface area contributed by atoms with Crippen molar-refractivity contribution in [1.29, 1.82) is 0 Å². The summed E-state index contributed by atoms with van der Waals surface area (Å²) >= 11 is 0. The highest BCUT2D eigenvalue weighted by Gasteiger charge is 2.30. The van der Waals surface area contributed by atoms with Crippen LogP contribution in [0, 0.1) is 0 Å². The zero-order valence-corrected chi connectivity index (χ0v) is 20.2. The second-order valence-electron chi connectivity index (χ2n) is 8.67. The summed E-state index contributed by atoms with van der Waals surface area (Å²) in [5.41, 5.74) is 3.28. The van der Waals surface area contributed by atoms with Gasteiger partial charge in [-0.25, -0.2) is 0 Å². The minimum atomic E-state index is -0.0717. The number of rotatable bonds is 9. The molecule has 4 rings (SSSR count). The molecule has 0 saturated carbocycles. The first-order valence-electron chi connectivity index (χ1n) is 11.8. The van der Waals surface area contributed by atoms with E-state index >= 15 is 0 Å². The van der Waals surface area contributed by atoms with Gasteiger partial charge in [-0.05, 0) is 50.5 Å². The summed E-state index contributed by atoms with van der Waals surface area (Å²) in [6.07, 6.45) is 3.44. The molecule has 34 heavy (non-hydrogen) atoms. The van der Waals surface area contributed by atoms with Crippen LogP contribution in [0.1, 0.15) is 42.1 Å². The summed E-state index contributed by atoms with van der Waals surface area (Å²) in [6.45, 7) is 4.40. The minimum absolute atomic E-state index is 0.0717. The zero-order valence-electron chi connectivity index (χ0n) is 20.2. The highest BCUT2D eigenvalue weighted by atomic mass is 16.5. The van der Waals surface area contributed by atoms with E-state index in [4.69, 9.17) is 14.0 Å². The SMILES string of the molecule is COCCN(Cc1c(-c2ccccc2)noc1N1CCCCC1C)C(=O)c1ccc(OC)cc1. The molecule has 7 heteroatoms. The molecular formula is C27H33N3O4. The van der Waals surface area contributed by atoms with Gasteiger partial charge in [-0.15, -0.1) is 0 Å². The number of aromatic nitrogens is 1. The molecule has 1 unspecified atom stereocenters. The van der Waals surface area contributed by atoms with E-state index in [2.05, 4.69) is 17.0 Å². The molecule has 2 aromatic carbocycles. The number of hydrogen-bond acceptors (Lipinski definition) is 6. The largest absolute Gasteiger partial charge is 0.497 e. The Kier molecular flexibility index (Phi) is 7.85. The Bertz CT molecular complexity index is 1070. The number of nitrogens with zero attached hydrogens (tertiary/aromatic N) is 3. The molecule has 7 nitrogen and oxygen atoms in total. The number of anilines is 1. The van der Waals surface area contributed by atoms with Crippen molar-refractivity contribution in [3.05, 3.63) is 65.7 Å². The van der Waals surface area contributed by atoms with E-state index in [0.717, 1.165) is 42.1 Å². The van der Waals surface area contributed by atoms with Crippen LogP contribution in [-0.2, 0) is 11.3 Å². The van der Waals surface area contributed by atoms with Crippen LogP contribution in [-0.4, -0.2) is 55.9 Å². The van der Waals surface area contributed by atoms with Gasteiger partial charge in [0.25, 0.3) is 5.91 Å². The number of benzene rings is 2. The van der Waals surface area contributed by atoms with Gasteiger partial charge >= 0.3 is 0 Å². The molecule has 1 aliphatic heterocycles. The average molecular weight is 464 g/mol. The Balaban J connectivity index is 1.71. The van der Waals surface area contributed by atoms with E-state index in [1.807, 2.05) is 35.2 Å². The average Bonchev–Trinajstić information content (AvgIpc) is 3.30. The van der Waals surface area contributed by atoms with Crippen molar-refractivity contribution < 1.29 is 18.8 Å². The molecule has 1 saturated heterocycles. The number of carbonyl (C=O) groups excluding carboxylic acids is 1. The van der Waals surface area contributed by atoms with Crippen molar-refractivity contribution in [3.8, 4) is 17.0 Å². The number of hydrogen-bond donors (Lipinski definition) is 0. The van der Waals surface area contributed by atoms with Crippen molar-refractivity contribution in [2.75, 3.05) is 38.8 Å². The number of piperidine rings is 1. The maximum Gasteiger partial charge on any atom is 0.254 e. The number of amides is 1. The molecule has 0 aliphatic carbocycles. The summed E-state index contributed by atoms with van der Waals surface area (Å²) in [5.74, 6) is 1.40.